The molecule has 0 saturated heterocycles. The molecule has 0 aliphatic rings. The summed E-state index contributed by atoms with van der Waals surface area (Å²) < 4.78 is 9.87. The minimum Gasteiger partial charge on any atom is -0.503 e. The molecule has 1 amide bonds. The maximum absolute atomic E-state index is 11.6. The van der Waals surface area contributed by atoms with Gasteiger partial charge in [0.2, 0.25) is 0 Å². The highest BCUT2D eigenvalue weighted by molar-refractivity contribution is 5.94. The van der Waals surface area contributed by atoms with Gasteiger partial charge in [-0.1, -0.05) is 0 Å². The fourth-order valence-corrected chi connectivity index (χ4v) is 1.40. The summed E-state index contributed by atoms with van der Waals surface area (Å²) in [6.45, 7) is 5.04. The summed E-state index contributed by atoms with van der Waals surface area (Å²) in [4.78, 5) is 22.6. The molecular formula is C13H17NO6. The van der Waals surface area contributed by atoms with Crippen molar-refractivity contribution in [1.82, 2.24) is 0 Å². The smallest absolute Gasteiger partial charge is 0.412 e. The van der Waals surface area contributed by atoms with Crippen LogP contribution in [-0.4, -0.2) is 35.0 Å². The quantitative estimate of drug-likeness (QED) is 0.736. The first-order valence-electron chi connectivity index (χ1n) is 5.78. The van der Waals surface area contributed by atoms with Crippen molar-refractivity contribution in [2.75, 3.05) is 12.4 Å². The van der Waals surface area contributed by atoms with Gasteiger partial charge in [0.25, 0.3) is 0 Å². The van der Waals surface area contributed by atoms with Crippen LogP contribution in [0.15, 0.2) is 12.1 Å². The Morgan fingerprint density at radius 1 is 1.25 bits per heavy atom. The number of rotatable bonds is 3. The highest BCUT2D eigenvalue weighted by Crippen LogP contribution is 2.35. The van der Waals surface area contributed by atoms with Crippen molar-refractivity contribution < 1.29 is 29.3 Å². The van der Waals surface area contributed by atoms with Crippen LogP contribution in [0.25, 0.3) is 0 Å². The zero-order chi connectivity index (χ0) is 15.5. The third-order valence-corrected chi connectivity index (χ3v) is 2.18. The largest absolute Gasteiger partial charge is 0.503 e. The second-order valence-electron chi connectivity index (χ2n) is 5.01. The Balaban J connectivity index is 3.08. The molecular weight excluding hydrogens is 266 g/mol. The Morgan fingerprint density at radius 3 is 2.30 bits per heavy atom. The lowest BCUT2D eigenvalue weighted by atomic mass is 10.1. The molecule has 0 heterocycles. The number of carbonyl (C=O) groups is 2. The third kappa shape index (κ3) is 4.04. The maximum atomic E-state index is 11.6. The monoisotopic (exact) mass is 283 g/mol. The van der Waals surface area contributed by atoms with Crippen LogP contribution >= 0.6 is 0 Å². The number of hydrogen-bond donors (Lipinski definition) is 3. The zero-order valence-corrected chi connectivity index (χ0v) is 11.7. The van der Waals surface area contributed by atoms with Gasteiger partial charge in [0.15, 0.2) is 11.5 Å². The molecule has 1 aromatic rings. The van der Waals surface area contributed by atoms with Gasteiger partial charge in [0.1, 0.15) is 5.60 Å². The Bertz CT molecular complexity index is 532. The summed E-state index contributed by atoms with van der Waals surface area (Å²) >= 11 is 0. The van der Waals surface area contributed by atoms with E-state index in [0.717, 1.165) is 12.1 Å². The van der Waals surface area contributed by atoms with Crippen molar-refractivity contribution in [2.45, 2.75) is 26.4 Å². The van der Waals surface area contributed by atoms with Crippen molar-refractivity contribution in [1.29, 1.82) is 0 Å². The predicted molar refractivity (Wildman–Crippen MR) is 71.5 cm³/mol. The number of hydrogen-bond acceptors (Lipinski definition) is 5. The minimum absolute atomic E-state index is 0.0593. The SMILES string of the molecule is COc1cc(C(=O)O)cc(NC(=O)OC(C)(C)C)c1O. The van der Waals surface area contributed by atoms with Gasteiger partial charge in [0.05, 0.1) is 18.4 Å². The van der Waals surface area contributed by atoms with Gasteiger partial charge in [0, 0.05) is 0 Å². The van der Waals surface area contributed by atoms with Gasteiger partial charge in [-0.05, 0) is 32.9 Å². The molecule has 1 aromatic carbocycles. The number of benzene rings is 1. The van der Waals surface area contributed by atoms with Gasteiger partial charge in [-0.25, -0.2) is 9.59 Å². The summed E-state index contributed by atoms with van der Waals surface area (Å²) in [7, 11) is 1.28. The lowest BCUT2D eigenvalue weighted by molar-refractivity contribution is 0.0632. The lowest BCUT2D eigenvalue weighted by Crippen LogP contribution is -2.27. The molecule has 0 spiro atoms. The van der Waals surface area contributed by atoms with Crippen molar-refractivity contribution in [2.24, 2.45) is 0 Å². The van der Waals surface area contributed by atoms with E-state index in [1.54, 1.807) is 20.8 Å². The van der Waals surface area contributed by atoms with E-state index >= 15 is 0 Å². The molecule has 0 radical (unpaired) electrons. The number of aromatic hydroxyl groups is 1. The summed E-state index contributed by atoms with van der Waals surface area (Å²) in [5, 5.41) is 21.1. The predicted octanol–water partition coefficient (Wildman–Crippen LogP) is 2.45. The van der Waals surface area contributed by atoms with Crippen molar-refractivity contribution in [3.05, 3.63) is 17.7 Å². The average molecular weight is 283 g/mol. The van der Waals surface area contributed by atoms with Crippen LogP contribution in [-0.2, 0) is 4.74 Å². The molecule has 0 aromatic heterocycles. The van der Waals surface area contributed by atoms with Gasteiger partial charge >= 0.3 is 12.1 Å². The summed E-state index contributed by atoms with van der Waals surface area (Å²) in [6, 6.07) is 2.27. The van der Waals surface area contributed by atoms with E-state index in [2.05, 4.69) is 5.32 Å². The normalized spacial score (nSPS) is 10.8. The number of carboxylic acid groups (broad SMARTS) is 1. The zero-order valence-electron chi connectivity index (χ0n) is 11.7. The molecule has 7 heteroatoms. The number of nitrogens with one attached hydrogen (secondary N) is 1. The molecule has 0 fully saturated rings. The molecule has 1 rings (SSSR count). The highest BCUT2D eigenvalue weighted by atomic mass is 16.6. The molecule has 7 nitrogen and oxygen atoms in total. The number of aromatic carboxylic acids is 1. The molecule has 110 valence electrons. The van der Waals surface area contributed by atoms with Gasteiger partial charge in [-0.2, -0.15) is 0 Å². The Labute approximate surface area is 116 Å². The van der Waals surface area contributed by atoms with E-state index in [-0.39, 0.29) is 22.7 Å². The van der Waals surface area contributed by atoms with Crippen LogP contribution in [0.4, 0.5) is 10.5 Å². The number of anilines is 1. The molecule has 0 aliphatic carbocycles. The number of carboxylic acids is 1. The fraction of sp³-hybridized carbons (Fsp3) is 0.385. The number of amides is 1. The van der Waals surface area contributed by atoms with E-state index < -0.39 is 17.7 Å². The van der Waals surface area contributed by atoms with Crippen LogP contribution < -0.4 is 10.1 Å². The lowest BCUT2D eigenvalue weighted by Gasteiger charge is -2.20. The number of carbonyl (C=O) groups excluding carboxylic acids is 1. The van der Waals surface area contributed by atoms with Crippen molar-refractivity contribution in [3.63, 3.8) is 0 Å². The first kappa shape index (κ1) is 15.6. The first-order chi connectivity index (χ1) is 9.14. The average Bonchev–Trinajstić information content (AvgIpc) is 2.28. The second kappa shape index (κ2) is 5.68. The van der Waals surface area contributed by atoms with E-state index in [4.69, 9.17) is 14.6 Å². The van der Waals surface area contributed by atoms with E-state index in [9.17, 15) is 14.7 Å². The molecule has 20 heavy (non-hydrogen) atoms. The van der Waals surface area contributed by atoms with Crippen LogP contribution in [0.3, 0.4) is 0 Å². The van der Waals surface area contributed by atoms with Gasteiger partial charge < -0.3 is 19.7 Å². The van der Waals surface area contributed by atoms with E-state index in [1.807, 2.05) is 0 Å². The van der Waals surface area contributed by atoms with Crippen molar-refractivity contribution >= 4 is 17.7 Å². The maximum Gasteiger partial charge on any atom is 0.412 e. The van der Waals surface area contributed by atoms with Crippen molar-refractivity contribution in [3.8, 4) is 11.5 Å². The number of phenols is 1. The van der Waals surface area contributed by atoms with Crippen LogP contribution in [0, 0.1) is 0 Å². The van der Waals surface area contributed by atoms with Crippen LogP contribution in [0.1, 0.15) is 31.1 Å². The first-order valence-corrected chi connectivity index (χ1v) is 5.78. The molecule has 0 saturated carbocycles. The molecule has 0 atom stereocenters. The second-order valence-corrected chi connectivity index (χ2v) is 5.01. The number of ether oxygens (including phenoxy) is 2. The van der Waals surface area contributed by atoms with Gasteiger partial charge in [-0.3, -0.25) is 5.32 Å². The minimum atomic E-state index is -1.21. The van der Waals surface area contributed by atoms with Crippen LogP contribution in [0.5, 0.6) is 11.5 Å². The van der Waals surface area contributed by atoms with Crippen LogP contribution in [0.2, 0.25) is 0 Å². The summed E-state index contributed by atoms with van der Waals surface area (Å²) in [5.74, 6) is -1.64. The van der Waals surface area contributed by atoms with E-state index in [0.29, 0.717) is 0 Å². The topological polar surface area (TPSA) is 105 Å². The molecule has 0 unspecified atom stereocenters. The molecule has 0 bridgehead atoms. The van der Waals surface area contributed by atoms with E-state index in [1.165, 1.54) is 7.11 Å². The summed E-state index contributed by atoms with van der Waals surface area (Å²) in [5.41, 5.74) is -0.949. The Kier molecular flexibility index (Phi) is 4.44. The fourth-order valence-electron chi connectivity index (χ4n) is 1.40. The summed E-state index contributed by atoms with van der Waals surface area (Å²) in [6.07, 6.45) is -0.808. The molecule has 0 aliphatic heterocycles. The Morgan fingerprint density at radius 2 is 1.85 bits per heavy atom. The molecule has 3 N–H and O–H groups in total. The standard InChI is InChI=1S/C13H17NO6/c1-13(2,3)20-12(18)14-8-5-7(11(16)17)6-9(19-4)10(8)15/h5-6,15H,1-4H3,(H,14,18)(H,16,17). The number of methoxy groups -OCH3 is 1. The number of phenolic OH excluding ortho intramolecular Hbond substituents is 1. The highest BCUT2D eigenvalue weighted by Gasteiger charge is 2.20. The third-order valence-electron chi connectivity index (χ3n) is 2.18. The van der Waals surface area contributed by atoms with Gasteiger partial charge in [-0.15, -0.1) is 0 Å². The Hall–Kier alpha value is -2.44.